The molecule has 0 spiro atoms. The molecule has 0 aromatic heterocycles. The maximum atomic E-state index is 12.5. The van der Waals surface area contributed by atoms with Crippen molar-refractivity contribution in [1.82, 2.24) is 5.32 Å². The summed E-state index contributed by atoms with van der Waals surface area (Å²) in [6.07, 6.45) is 3.92. The fraction of sp³-hybridized carbons (Fsp3) is 0.364. The van der Waals surface area contributed by atoms with Crippen LogP contribution in [0.1, 0.15) is 46.0 Å². The summed E-state index contributed by atoms with van der Waals surface area (Å²) in [5, 5.41) is 16.2. The summed E-state index contributed by atoms with van der Waals surface area (Å²) in [7, 11) is 0. The van der Waals surface area contributed by atoms with Crippen molar-refractivity contribution in [3.8, 4) is 0 Å². The molecule has 2 N–H and O–H groups in total. The van der Waals surface area contributed by atoms with Crippen LogP contribution in [0.5, 0.6) is 0 Å². The molecule has 1 aliphatic heterocycles. The van der Waals surface area contributed by atoms with Gasteiger partial charge in [-0.1, -0.05) is 74.8 Å². The predicted octanol–water partition coefficient (Wildman–Crippen LogP) is 4.71. The number of rotatable bonds is 8. The lowest BCUT2D eigenvalue weighted by Gasteiger charge is -2.10. The summed E-state index contributed by atoms with van der Waals surface area (Å²) in [6.45, 7) is 4.21. The fourth-order valence-corrected chi connectivity index (χ4v) is 4.13. The zero-order valence-electron chi connectivity index (χ0n) is 16.8. The molecule has 0 radical (unpaired) electrons. The van der Waals surface area contributed by atoms with Crippen LogP contribution in [0.15, 0.2) is 52.7 Å². The third-order valence-electron chi connectivity index (χ3n) is 4.57. The lowest BCUT2D eigenvalue weighted by atomic mass is 10.1. The zero-order chi connectivity index (χ0) is 20.6. The van der Waals surface area contributed by atoms with Gasteiger partial charge in [0.15, 0.2) is 5.17 Å². The van der Waals surface area contributed by atoms with Gasteiger partial charge >= 0.3 is 0 Å². The van der Waals surface area contributed by atoms with Gasteiger partial charge in [-0.3, -0.25) is 9.59 Å². The Morgan fingerprint density at radius 2 is 1.83 bits per heavy atom. The molecule has 2 aromatic carbocycles. The molecule has 1 aliphatic rings. The minimum atomic E-state index is -0.500. The van der Waals surface area contributed by atoms with E-state index >= 15 is 0 Å². The lowest BCUT2D eigenvalue weighted by Crippen LogP contribution is -2.28. The second-order valence-electron chi connectivity index (χ2n) is 6.95. The molecule has 6 nitrogen and oxygen atoms in total. The number of thioether (sulfide) groups is 1. The van der Waals surface area contributed by atoms with Crippen LogP contribution in [-0.4, -0.2) is 27.9 Å². The van der Waals surface area contributed by atoms with Gasteiger partial charge in [0.1, 0.15) is 5.25 Å². The van der Waals surface area contributed by atoms with Gasteiger partial charge in [-0.15, -0.1) is 5.10 Å². The molecule has 0 unspecified atom stereocenters. The SMILES string of the molecule is CCCC(CCC)=N/N=C1\NC(=O)[C@@H](CC(=O)Nc2cccc3ccccc23)S1. The van der Waals surface area contributed by atoms with Crippen LogP contribution in [0.25, 0.3) is 10.8 Å². The fourth-order valence-electron chi connectivity index (χ4n) is 3.21. The van der Waals surface area contributed by atoms with Crippen molar-refractivity contribution >= 4 is 50.9 Å². The molecule has 1 heterocycles. The van der Waals surface area contributed by atoms with E-state index < -0.39 is 5.25 Å². The topological polar surface area (TPSA) is 82.9 Å². The quantitative estimate of drug-likeness (QED) is 0.488. The number of carbonyl (C=O) groups is 2. The maximum Gasteiger partial charge on any atom is 0.240 e. The van der Waals surface area contributed by atoms with Gasteiger partial charge in [-0.2, -0.15) is 5.10 Å². The number of hydrogen-bond acceptors (Lipinski definition) is 5. The molecular weight excluding hydrogens is 384 g/mol. The molecule has 0 aliphatic carbocycles. The van der Waals surface area contributed by atoms with Crippen molar-refractivity contribution in [3.05, 3.63) is 42.5 Å². The summed E-state index contributed by atoms with van der Waals surface area (Å²) < 4.78 is 0. The highest BCUT2D eigenvalue weighted by molar-refractivity contribution is 8.15. The number of benzene rings is 2. The van der Waals surface area contributed by atoms with Crippen LogP contribution < -0.4 is 10.6 Å². The van der Waals surface area contributed by atoms with Gasteiger partial charge < -0.3 is 10.6 Å². The molecular formula is C22H26N4O2S. The van der Waals surface area contributed by atoms with E-state index in [1.807, 2.05) is 42.5 Å². The molecule has 1 atom stereocenters. The van der Waals surface area contributed by atoms with Crippen LogP contribution in [0.2, 0.25) is 0 Å². The molecule has 0 bridgehead atoms. The summed E-state index contributed by atoms with van der Waals surface area (Å²) in [6, 6.07) is 13.6. The van der Waals surface area contributed by atoms with Crippen molar-refractivity contribution < 1.29 is 9.59 Å². The van der Waals surface area contributed by atoms with E-state index in [9.17, 15) is 9.59 Å². The van der Waals surface area contributed by atoms with Gasteiger partial charge in [-0.05, 0) is 24.3 Å². The zero-order valence-corrected chi connectivity index (χ0v) is 17.6. The number of amidine groups is 1. The number of anilines is 1. The Labute approximate surface area is 175 Å². The molecule has 0 saturated carbocycles. The van der Waals surface area contributed by atoms with E-state index in [1.54, 1.807) is 0 Å². The highest BCUT2D eigenvalue weighted by Gasteiger charge is 2.32. The van der Waals surface area contributed by atoms with Crippen LogP contribution in [0, 0.1) is 0 Å². The first-order valence-corrected chi connectivity index (χ1v) is 10.9. The summed E-state index contributed by atoms with van der Waals surface area (Å²) in [4.78, 5) is 24.8. The molecule has 2 amide bonds. The van der Waals surface area contributed by atoms with Crippen molar-refractivity contribution in [1.29, 1.82) is 0 Å². The molecule has 3 rings (SSSR count). The monoisotopic (exact) mass is 410 g/mol. The Bertz CT molecular complexity index is 941. The Morgan fingerprint density at radius 3 is 2.59 bits per heavy atom. The van der Waals surface area contributed by atoms with Crippen molar-refractivity contribution in [3.63, 3.8) is 0 Å². The average molecular weight is 411 g/mol. The van der Waals surface area contributed by atoms with E-state index in [1.165, 1.54) is 11.8 Å². The first-order valence-electron chi connectivity index (χ1n) is 9.99. The van der Waals surface area contributed by atoms with Crippen LogP contribution in [-0.2, 0) is 9.59 Å². The number of nitrogens with one attached hydrogen (secondary N) is 2. The second kappa shape index (κ2) is 10.2. The standard InChI is InChI=1S/C22H26N4O2S/c1-3-8-16(9-4-2)25-26-22-24-21(28)19(29-22)14-20(27)23-18-13-7-11-15-10-5-6-12-17(15)18/h5-7,10-13,19H,3-4,8-9,14H2,1-2H3,(H,23,27)(H,24,26,28)/t19-/m1/s1. The van der Waals surface area contributed by atoms with E-state index in [-0.39, 0.29) is 18.2 Å². The van der Waals surface area contributed by atoms with E-state index in [2.05, 4.69) is 34.7 Å². The number of nitrogens with zero attached hydrogens (tertiary/aromatic N) is 2. The first-order chi connectivity index (χ1) is 14.1. The normalized spacial score (nSPS) is 17.4. The second-order valence-corrected chi connectivity index (χ2v) is 8.14. The van der Waals surface area contributed by atoms with Crippen molar-refractivity contribution in [2.24, 2.45) is 10.2 Å². The number of carbonyl (C=O) groups excluding carboxylic acids is 2. The Balaban J connectivity index is 1.63. The summed E-state index contributed by atoms with van der Waals surface area (Å²) >= 11 is 1.26. The van der Waals surface area contributed by atoms with Gasteiger partial charge in [0.2, 0.25) is 11.8 Å². The highest BCUT2D eigenvalue weighted by Crippen LogP contribution is 2.26. The van der Waals surface area contributed by atoms with Crippen molar-refractivity contribution in [2.75, 3.05) is 5.32 Å². The van der Waals surface area contributed by atoms with Gasteiger partial charge in [-0.25, -0.2) is 0 Å². The lowest BCUT2D eigenvalue weighted by molar-refractivity contribution is -0.122. The third kappa shape index (κ3) is 5.67. The number of fused-ring (bicyclic) bond motifs is 1. The van der Waals surface area contributed by atoms with Gasteiger partial charge in [0.25, 0.3) is 0 Å². The van der Waals surface area contributed by atoms with Gasteiger partial charge in [0.05, 0.1) is 0 Å². The first kappa shape index (κ1) is 21.0. The molecule has 152 valence electrons. The molecule has 1 fully saturated rings. The number of hydrogen-bond donors (Lipinski definition) is 2. The summed E-state index contributed by atoms with van der Waals surface area (Å²) in [5.74, 6) is -0.402. The minimum absolute atomic E-state index is 0.0826. The minimum Gasteiger partial charge on any atom is -0.325 e. The maximum absolute atomic E-state index is 12.5. The van der Waals surface area contributed by atoms with E-state index in [0.29, 0.717) is 5.17 Å². The Hall–Kier alpha value is -2.67. The van der Waals surface area contributed by atoms with Crippen LogP contribution in [0.4, 0.5) is 5.69 Å². The predicted molar refractivity (Wildman–Crippen MR) is 121 cm³/mol. The molecule has 2 aromatic rings. The third-order valence-corrected chi connectivity index (χ3v) is 5.64. The summed E-state index contributed by atoms with van der Waals surface area (Å²) in [5.41, 5.74) is 1.79. The Morgan fingerprint density at radius 1 is 1.10 bits per heavy atom. The Kier molecular flexibility index (Phi) is 7.41. The average Bonchev–Trinajstić information content (AvgIpc) is 3.06. The van der Waals surface area contributed by atoms with E-state index in [0.717, 1.165) is 47.9 Å². The van der Waals surface area contributed by atoms with Crippen molar-refractivity contribution in [2.45, 2.75) is 51.2 Å². The largest absolute Gasteiger partial charge is 0.325 e. The smallest absolute Gasteiger partial charge is 0.240 e. The molecule has 7 heteroatoms. The highest BCUT2D eigenvalue weighted by atomic mass is 32.2. The van der Waals surface area contributed by atoms with Crippen LogP contribution in [0.3, 0.4) is 0 Å². The molecule has 1 saturated heterocycles. The van der Waals surface area contributed by atoms with Gasteiger partial charge in [0, 0.05) is 23.2 Å². The van der Waals surface area contributed by atoms with E-state index in [4.69, 9.17) is 0 Å². The molecule has 29 heavy (non-hydrogen) atoms. The number of amides is 2. The van der Waals surface area contributed by atoms with Crippen LogP contribution >= 0.6 is 11.8 Å².